The van der Waals surface area contributed by atoms with E-state index < -0.39 is 5.97 Å². The lowest BCUT2D eigenvalue weighted by molar-refractivity contribution is 0.0531. The molecule has 3 rings (SSSR count). The number of halogens is 1. The van der Waals surface area contributed by atoms with Crippen molar-refractivity contribution in [2.75, 3.05) is 6.61 Å². The molecule has 0 aliphatic heterocycles. The molecule has 0 radical (unpaired) electrons. The van der Waals surface area contributed by atoms with Gasteiger partial charge in [-0.15, -0.1) is 23.1 Å². The summed E-state index contributed by atoms with van der Waals surface area (Å²) in [5.74, 6) is 0.522. The van der Waals surface area contributed by atoms with Gasteiger partial charge in [-0.05, 0) is 44.0 Å². The van der Waals surface area contributed by atoms with Gasteiger partial charge < -0.3 is 9.72 Å². The minimum Gasteiger partial charge on any atom is -0.462 e. The second-order valence-corrected chi connectivity index (χ2v) is 8.32. The van der Waals surface area contributed by atoms with Crippen molar-refractivity contribution in [3.05, 3.63) is 62.3 Å². The van der Waals surface area contributed by atoms with Crippen LogP contribution in [0, 0.1) is 12.7 Å². The third kappa shape index (κ3) is 4.22. The fraction of sp³-hybridized carbons (Fsp3) is 0.316. The molecule has 0 bridgehead atoms. The Morgan fingerprint density at radius 2 is 2.07 bits per heavy atom. The second-order valence-electron chi connectivity index (χ2n) is 5.99. The Kier molecular flexibility index (Phi) is 5.96. The molecule has 0 aliphatic rings. The van der Waals surface area contributed by atoms with Gasteiger partial charge in [0.2, 0.25) is 0 Å². The summed E-state index contributed by atoms with van der Waals surface area (Å²) in [6, 6.07) is 6.33. The number of aryl methyl sites for hydroxylation is 1. The zero-order valence-corrected chi connectivity index (χ0v) is 16.8. The number of carbonyl (C=O) groups excluding carboxylic acids is 1. The van der Waals surface area contributed by atoms with Crippen molar-refractivity contribution in [1.82, 2.24) is 9.97 Å². The molecule has 1 atom stereocenters. The van der Waals surface area contributed by atoms with Crippen molar-refractivity contribution in [3.63, 3.8) is 0 Å². The zero-order chi connectivity index (χ0) is 19.6. The van der Waals surface area contributed by atoms with Gasteiger partial charge in [0.1, 0.15) is 21.3 Å². The molecule has 142 valence electrons. The number of thioether (sulfide) groups is 1. The fourth-order valence-corrected chi connectivity index (χ4v) is 4.61. The summed E-state index contributed by atoms with van der Waals surface area (Å²) in [6.07, 6.45) is 0. The van der Waals surface area contributed by atoms with E-state index in [-0.39, 0.29) is 23.2 Å². The van der Waals surface area contributed by atoms with E-state index in [0.29, 0.717) is 32.2 Å². The average molecular weight is 407 g/mol. The van der Waals surface area contributed by atoms with Crippen LogP contribution in [0.4, 0.5) is 4.39 Å². The summed E-state index contributed by atoms with van der Waals surface area (Å²) in [5.41, 5.74) is 1.34. The SMILES string of the molecule is CCOC(=O)c1sc2nc([C@H](C)SCc3ccc(F)cc3)[nH]c(=O)c2c1C. The normalized spacial score (nSPS) is 12.3. The highest BCUT2D eigenvalue weighted by molar-refractivity contribution is 7.98. The molecule has 0 amide bonds. The number of fused-ring (bicyclic) bond motifs is 1. The molecule has 2 aromatic heterocycles. The molecular weight excluding hydrogens is 387 g/mol. The maximum Gasteiger partial charge on any atom is 0.348 e. The van der Waals surface area contributed by atoms with E-state index in [0.717, 1.165) is 5.56 Å². The molecule has 8 heteroatoms. The van der Waals surface area contributed by atoms with Gasteiger partial charge in [-0.2, -0.15) is 0 Å². The van der Waals surface area contributed by atoms with Crippen LogP contribution in [0.1, 0.15) is 45.7 Å². The molecule has 3 aromatic rings. The first kappa shape index (κ1) is 19.6. The van der Waals surface area contributed by atoms with Gasteiger partial charge in [-0.3, -0.25) is 4.79 Å². The van der Waals surface area contributed by atoms with Crippen molar-refractivity contribution in [2.45, 2.75) is 31.8 Å². The number of thiophene rings is 1. The Balaban J connectivity index is 1.85. The minimum absolute atomic E-state index is 0.0689. The van der Waals surface area contributed by atoms with E-state index in [1.165, 1.54) is 23.5 Å². The molecule has 0 fully saturated rings. The van der Waals surface area contributed by atoms with Crippen LogP contribution in [0.15, 0.2) is 29.1 Å². The molecule has 2 heterocycles. The number of carbonyl (C=O) groups is 1. The van der Waals surface area contributed by atoms with Crippen molar-refractivity contribution in [3.8, 4) is 0 Å². The van der Waals surface area contributed by atoms with E-state index in [9.17, 15) is 14.0 Å². The maximum absolute atomic E-state index is 13.0. The number of ether oxygens (including phenoxy) is 1. The number of aromatic nitrogens is 2. The van der Waals surface area contributed by atoms with Crippen molar-refractivity contribution in [1.29, 1.82) is 0 Å². The minimum atomic E-state index is -0.433. The first-order valence-electron chi connectivity index (χ1n) is 8.47. The number of esters is 1. The first-order valence-corrected chi connectivity index (χ1v) is 10.3. The fourth-order valence-electron chi connectivity index (χ4n) is 2.63. The molecule has 0 unspecified atom stereocenters. The first-order chi connectivity index (χ1) is 12.9. The summed E-state index contributed by atoms with van der Waals surface area (Å²) >= 11 is 2.77. The van der Waals surface area contributed by atoms with Crippen molar-refractivity contribution < 1.29 is 13.9 Å². The Hall–Kier alpha value is -2.19. The van der Waals surface area contributed by atoms with E-state index in [4.69, 9.17) is 4.74 Å². The maximum atomic E-state index is 13.0. The van der Waals surface area contributed by atoms with Crippen LogP contribution in [0.3, 0.4) is 0 Å². The molecule has 0 saturated carbocycles. The summed E-state index contributed by atoms with van der Waals surface area (Å²) < 4.78 is 18.0. The van der Waals surface area contributed by atoms with Crippen LogP contribution in [0.25, 0.3) is 10.2 Å². The van der Waals surface area contributed by atoms with E-state index >= 15 is 0 Å². The predicted octanol–water partition coefficient (Wildman–Crippen LogP) is 4.60. The Labute approximate surface area is 164 Å². The molecule has 27 heavy (non-hydrogen) atoms. The van der Waals surface area contributed by atoms with Crippen LogP contribution in [0.2, 0.25) is 0 Å². The number of H-pyrrole nitrogens is 1. The summed E-state index contributed by atoms with van der Waals surface area (Å²) in [4.78, 5) is 32.9. The number of nitrogens with zero attached hydrogens (tertiary/aromatic N) is 1. The largest absolute Gasteiger partial charge is 0.462 e. The van der Waals surface area contributed by atoms with Gasteiger partial charge in [0.05, 0.1) is 17.2 Å². The van der Waals surface area contributed by atoms with Gasteiger partial charge in [0.25, 0.3) is 5.56 Å². The number of hydrogen-bond donors (Lipinski definition) is 1. The summed E-state index contributed by atoms with van der Waals surface area (Å²) in [5, 5.41) is 0.364. The number of rotatable bonds is 6. The molecule has 5 nitrogen and oxygen atoms in total. The van der Waals surface area contributed by atoms with Crippen LogP contribution in [-0.2, 0) is 10.5 Å². The van der Waals surface area contributed by atoms with Crippen molar-refractivity contribution in [2.24, 2.45) is 0 Å². The van der Waals surface area contributed by atoms with E-state index in [2.05, 4.69) is 9.97 Å². The van der Waals surface area contributed by atoms with Crippen LogP contribution >= 0.6 is 23.1 Å². The Morgan fingerprint density at radius 3 is 2.74 bits per heavy atom. The van der Waals surface area contributed by atoms with E-state index in [1.54, 1.807) is 37.7 Å². The number of nitrogens with one attached hydrogen (secondary N) is 1. The third-order valence-corrected chi connectivity index (χ3v) is 6.47. The number of hydrogen-bond acceptors (Lipinski definition) is 6. The molecule has 1 N–H and O–H groups in total. The quantitative estimate of drug-likeness (QED) is 0.606. The van der Waals surface area contributed by atoms with Gasteiger partial charge in [0.15, 0.2) is 0 Å². The lowest BCUT2D eigenvalue weighted by atomic mass is 10.2. The van der Waals surface area contributed by atoms with Crippen LogP contribution in [0.5, 0.6) is 0 Å². The van der Waals surface area contributed by atoms with Gasteiger partial charge in [0, 0.05) is 5.75 Å². The standard InChI is InChI=1S/C19H19FN2O3S2/c1-4-25-19(24)15-10(2)14-17(23)21-16(22-18(14)27-15)11(3)26-9-12-5-7-13(20)8-6-12/h5-8,11H,4,9H2,1-3H3,(H,21,22,23)/t11-/m0/s1. The average Bonchev–Trinajstić information content (AvgIpc) is 2.98. The lowest BCUT2D eigenvalue weighted by Gasteiger charge is -2.10. The number of aromatic amines is 1. The van der Waals surface area contributed by atoms with Crippen molar-refractivity contribution >= 4 is 39.3 Å². The lowest BCUT2D eigenvalue weighted by Crippen LogP contribution is -2.13. The van der Waals surface area contributed by atoms with Gasteiger partial charge >= 0.3 is 5.97 Å². The molecule has 1 aromatic carbocycles. The number of benzene rings is 1. The highest BCUT2D eigenvalue weighted by Crippen LogP contribution is 2.32. The van der Waals surface area contributed by atoms with Crippen LogP contribution < -0.4 is 5.56 Å². The smallest absolute Gasteiger partial charge is 0.348 e. The summed E-state index contributed by atoms with van der Waals surface area (Å²) in [6.45, 7) is 5.70. The van der Waals surface area contributed by atoms with E-state index in [1.807, 2.05) is 6.92 Å². The predicted molar refractivity (Wildman–Crippen MR) is 107 cm³/mol. The molecular formula is C19H19FN2O3S2. The highest BCUT2D eigenvalue weighted by atomic mass is 32.2. The molecule has 0 spiro atoms. The second kappa shape index (κ2) is 8.22. The molecule has 0 aliphatic carbocycles. The topological polar surface area (TPSA) is 72.0 Å². The zero-order valence-electron chi connectivity index (χ0n) is 15.2. The summed E-state index contributed by atoms with van der Waals surface area (Å²) in [7, 11) is 0. The van der Waals surface area contributed by atoms with Gasteiger partial charge in [-0.25, -0.2) is 14.2 Å². The third-order valence-electron chi connectivity index (χ3n) is 4.08. The monoisotopic (exact) mass is 406 g/mol. The van der Waals surface area contributed by atoms with Crippen LogP contribution in [-0.4, -0.2) is 22.5 Å². The van der Waals surface area contributed by atoms with Gasteiger partial charge in [-0.1, -0.05) is 12.1 Å². The Bertz CT molecular complexity index is 1030. The Morgan fingerprint density at radius 1 is 1.37 bits per heavy atom. The highest BCUT2D eigenvalue weighted by Gasteiger charge is 2.21. The molecule has 0 saturated heterocycles.